The van der Waals surface area contributed by atoms with Gasteiger partial charge in [-0.3, -0.25) is 14.2 Å². The first-order valence-corrected chi connectivity index (χ1v) is 9.83. The Morgan fingerprint density at radius 3 is 2.80 bits per heavy atom. The second-order valence-corrected chi connectivity index (χ2v) is 9.03. The molecule has 2 heterocycles. The Morgan fingerprint density at radius 1 is 1.36 bits per heavy atom. The summed E-state index contributed by atoms with van der Waals surface area (Å²) in [6, 6.07) is 9.05. The maximum absolute atomic E-state index is 12.6. The SMILES string of the molecule is CC(C)(C)c1cc(=O)n2c(n1)SC[C@@H](C(=O)Nc1cccc(Br)c1)C2. The number of nitrogens with one attached hydrogen (secondary N) is 1. The molecule has 1 aromatic heterocycles. The highest BCUT2D eigenvalue weighted by Gasteiger charge is 2.28. The lowest BCUT2D eigenvalue weighted by atomic mass is 9.92. The van der Waals surface area contributed by atoms with Crippen LogP contribution >= 0.6 is 27.7 Å². The zero-order valence-electron chi connectivity index (χ0n) is 14.4. The van der Waals surface area contributed by atoms with E-state index in [4.69, 9.17) is 0 Å². The third-order valence-electron chi connectivity index (χ3n) is 4.02. The van der Waals surface area contributed by atoms with E-state index in [1.807, 2.05) is 45.0 Å². The fourth-order valence-electron chi connectivity index (χ4n) is 2.56. The van der Waals surface area contributed by atoms with Gasteiger partial charge in [0.15, 0.2) is 5.16 Å². The van der Waals surface area contributed by atoms with Crippen molar-refractivity contribution in [1.82, 2.24) is 9.55 Å². The summed E-state index contributed by atoms with van der Waals surface area (Å²) in [5.74, 6) is 0.263. The predicted octanol–water partition coefficient (Wildman–Crippen LogP) is 3.66. The molecule has 1 amide bonds. The number of hydrogen-bond acceptors (Lipinski definition) is 4. The largest absolute Gasteiger partial charge is 0.326 e. The van der Waals surface area contributed by atoms with E-state index >= 15 is 0 Å². The number of rotatable bonds is 2. The second-order valence-electron chi connectivity index (χ2n) is 7.13. The highest BCUT2D eigenvalue weighted by molar-refractivity contribution is 9.10. The van der Waals surface area contributed by atoms with Crippen molar-refractivity contribution >= 4 is 39.3 Å². The average molecular weight is 422 g/mol. The summed E-state index contributed by atoms with van der Waals surface area (Å²) in [6.07, 6.45) is 0. The van der Waals surface area contributed by atoms with E-state index in [2.05, 4.69) is 26.2 Å². The van der Waals surface area contributed by atoms with Crippen molar-refractivity contribution < 1.29 is 4.79 Å². The van der Waals surface area contributed by atoms with E-state index in [0.717, 1.165) is 15.9 Å². The van der Waals surface area contributed by atoms with Crippen molar-refractivity contribution in [3.05, 3.63) is 50.9 Å². The maximum Gasteiger partial charge on any atom is 0.254 e. The summed E-state index contributed by atoms with van der Waals surface area (Å²) in [6.45, 7) is 6.47. The lowest BCUT2D eigenvalue weighted by Crippen LogP contribution is -2.37. The number of nitrogens with zero attached hydrogens (tertiary/aromatic N) is 2. The Kier molecular flexibility index (Phi) is 5.06. The van der Waals surface area contributed by atoms with Crippen molar-refractivity contribution in [2.75, 3.05) is 11.1 Å². The summed E-state index contributed by atoms with van der Waals surface area (Å²) in [5, 5.41) is 3.62. The first-order valence-electron chi connectivity index (χ1n) is 8.05. The molecule has 0 saturated heterocycles. The van der Waals surface area contributed by atoms with Crippen molar-refractivity contribution in [2.45, 2.75) is 37.9 Å². The molecule has 2 aromatic rings. The number of hydrogen-bond donors (Lipinski definition) is 1. The van der Waals surface area contributed by atoms with Gasteiger partial charge in [-0.25, -0.2) is 4.98 Å². The Morgan fingerprint density at radius 2 is 2.12 bits per heavy atom. The van der Waals surface area contributed by atoms with E-state index in [-0.39, 0.29) is 22.8 Å². The molecule has 25 heavy (non-hydrogen) atoms. The molecule has 132 valence electrons. The van der Waals surface area contributed by atoms with Crippen LogP contribution in [0.5, 0.6) is 0 Å². The Balaban J connectivity index is 1.79. The molecule has 0 saturated carbocycles. The molecule has 1 aliphatic heterocycles. The molecule has 1 atom stereocenters. The number of benzene rings is 1. The quantitative estimate of drug-likeness (QED) is 0.751. The van der Waals surface area contributed by atoms with Crippen molar-refractivity contribution in [3.63, 3.8) is 0 Å². The molecule has 1 N–H and O–H groups in total. The lowest BCUT2D eigenvalue weighted by molar-refractivity contribution is -0.119. The zero-order chi connectivity index (χ0) is 18.2. The van der Waals surface area contributed by atoms with Crippen molar-refractivity contribution in [3.8, 4) is 0 Å². The number of carbonyl (C=O) groups excluding carboxylic acids is 1. The fraction of sp³-hybridized carbons (Fsp3) is 0.389. The van der Waals surface area contributed by atoms with Crippen molar-refractivity contribution in [2.24, 2.45) is 5.92 Å². The fourth-order valence-corrected chi connectivity index (χ4v) is 4.05. The topological polar surface area (TPSA) is 64.0 Å². The number of halogens is 1. The van der Waals surface area contributed by atoms with Gasteiger partial charge in [-0.15, -0.1) is 0 Å². The van der Waals surface area contributed by atoms with Crippen LogP contribution < -0.4 is 10.9 Å². The molecule has 0 spiro atoms. The van der Waals surface area contributed by atoms with Gasteiger partial charge in [0.25, 0.3) is 5.56 Å². The molecule has 1 aliphatic rings. The van der Waals surface area contributed by atoms with Gasteiger partial charge < -0.3 is 5.32 Å². The summed E-state index contributed by atoms with van der Waals surface area (Å²) in [7, 11) is 0. The maximum atomic E-state index is 12.6. The van der Waals surface area contributed by atoms with Gasteiger partial charge >= 0.3 is 0 Å². The number of carbonyl (C=O) groups is 1. The Labute approximate surface area is 159 Å². The van der Waals surface area contributed by atoms with Gasteiger partial charge in [-0.1, -0.05) is 54.5 Å². The molecular formula is C18H20BrN3O2S. The first-order chi connectivity index (χ1) is 11.7. The molecule has 0 bridgehead atoms. The minimum atomic E-state index is -0.267. The molecule has 0 radical (unpaired) electrons. The number of fused-ring (bicyclic) bond motifs is 1. The van der Waals surface area contributed by atoms with Gasteiger partial charge in [-0.05, 0) is 18.2 Å². The molecule has 7 heteroatoms. The molecule has 1 aromatic carbocycles. The lowest BCUT2D eigenvalue weighted by Gasteiger charge is -2.26. The van der Waals surface area contributed by atoms with Crippen LogP contribution in [0, 0.1) is 5.92 Å². The Hall–Kier alpha value is -1.60. The summed E-state index contributed by atoms with van der Waals surface area (Å²) in [4.78, 5) is 29.6. The molecule has 3 rings (SSSR count). The van der Waals surface area contributed by atoms with Crippen LogP contribution in [0.2, 0.25) is 0 Å². The van der Waals surface area contributed by atoms with Crippen LogP contribution in [0.25, 0.3) is 0 Å². The normalized spacial score (nSPS) is 17.0. The van der Waals surface area contributed by atoms with Crippen LogP contribution in [-0.4, -0.2) is 21.2 Å². The summed E-state index contributed by atoms with van der Waals surface area (Å²) in [5.41, 5.74) is 1.25. The summed E-state index contributed by atoms with van der Waals surface area (Å²) < 4.78 is 2.51. The van der Waals surface area contributed by atoms with Crippen LogP contribution in [-0.2, 0) is 16.8 Å². The molecule has 0 aliphatic carbocycles. The number of thioether (sulfide) groups is 1. The highest BCUT2D eigenvalue weighted by Crippen LogP contribution is 2.28. The minimum Gasteiger partial charge on any atom is -0.326 e. The summed E-state index contributed by atoms with van der Waals surface area (Å²) >= 11 is 4.86. The number of amides is 1. The van der Waals surface area contributed by atoms with Crippen LogP contribution in [0.1, 0.15) is 26.5 Å². The van der Waals surface area contributed by atoms with Gasteiger partial charge in [-0.2, -0.15) is 0 Å². The molecular weight excluding hydrogens is 402 g/mol. The number of anilines is 1. The standard InChI is InChI=1S/C18H20BrN3O2S/c1-18(2,3)14-8-15(23)22-9-11(10-25-17(22)21-14)16(24)20-13-6-4-5-12(19)7-13/h4-8,11H,9-10H2,1-3H3,(H,20,24)/t11-/m0/s1. The monoisotopic (exact) mass is 421 g/mol. The predicted molar refractivity (Wildman–Crippen MR) is 104 cm³/mol. The van der Waals surface area contributed by atoms with Crippen LogP contribution in [0.3, 0.4) is 0 Å². The third-order valence-corrected chi connectivity index (χ3v) is 5.65. The van der Waals surface area contributed by atoms with Gasteiger partial charge in [0.2, 0.25) is 5.91 Å². The van der Waals surface area contributed by atoms with Gasteiger partial charge in [0, 0.05) is 33.9 Å². The molecule has 0 unspecified atom stereocenters. The van der Waals surface area contributed by atoms with Crippen LogP contribution in [0.15, 0.2) is 44.8 Å². The molecule has 5 nitrogen and oxygen atoms in total. The second kappa shape index (κ2) is 6.96. The van der Waals surface area contributed by atoms with Crippen LogP contribution in [0.4, 0.5) is 5.69 Å². The average Bonchev–Trinajstić information content (AvgIpc) is 2.53. The Bertz CT molecular complexity index is 873. The minimum absolute atomic E-state index is 0.0805. The first kappa shape index (κ1) is 18.2. The van der Waals surface area contributed by atoms with E-state index in [9.17, 15) is 9.59 Å². The number of aromatic nitrogens is 2. The van der Waals surface area contributed by atoms with E-state index < -0.39 is 0 Å². The third kappa shape index (κ3) is 4.15. The van der Waals surface area contributed by atoms with Crippen molar-refractivity contribution in [1.29, 1.82) is 0 Å². The van der Waals surface area contributed by atoms with Gasteiger partial charge in [0.1, 0.15) is 0 Å². The van der Waals surface area contributed by atoms with Gasteiger partial charge in [0.05, 0.1) is 11.6 Å². The smallest absolute Gasteiger partial charge is 0.254 e. The van der Waals surface area contributed by atoms with E-state index in [1.165, 1.54) is 11.8 Å². The van der Waals surface area contributed by atoms with E-state index in [0.29, 0.717) is 17.5 Å². The zero-order valence-corrected chi connectivity index (χ0v) is 16.8. The molecule has 0 fully saturated rings. The van der Waals surface area contributed by atoms with E-state index in [1.54, 1.807) is 10.6 Å². The highest BCUT2D eigenvalue weighted by atomic mass is 79.9.